The van der Waals surface area contributed by atoms with E-state index in [0.717, 1.165) is 10.2 Å². The second-order valence-electron chi connectivity index (χ2n) is 3.92. The van der Waals surface area contributed by atoms with Crippen molar-refractivity contribution in [3.05, 3.63) is 53.9 Å². The number of nitrogens with one attached hydrogen (secondary N) is 1. The van der Waals surface area contributed by atoms with Crippen molar-refractivity contribution in [2.24, 2.45) is 0 Å². The number of aromatic nitrogens is 2. The summed E-state index contributed by atoms with van der Waals surface area (Å²) in [4.78, 5) is 8.26. The summed E-state index contributed by atoms with van der Waals surface area (Å²) >= 11 is 1.42. The summed E-state index contributed by atoms with van der Waals surface area (Å²) in [6.45, 7) is 0.0613. The van der Waals surface area contributed by atoms with E-state index in [-0.39, 0.29) is 12.1 Å². The van der Waals surface area contributed by atoms with Crippen LogP contribution in [-0.4, -0.2) is 9.97 Å². The highest BCUT2D eigenvalue weighted by Gasteiger charge is 2.09. The van der Waals surface area contributed by atoms with Gasteiger partial charge >= 0.3 is 0 Å². The first-order valence-corrected chi connectivity index (χ1v) is 6.43. The second kappa shape index (κ2) is 4.89. The molecule has 0 aliphatic carbocycles. The molecule has 96 valence electrons. The lowest BCUT2D eigenvalue weighted by molar-refractivity contribution is 0.560. The molecule has 3 nitrogen and oxygen atoms in total. The van der Waals surface area contributed by atoms with Crippen LogP contribution in [-0.2, 0) is 6.54 Å². The lowest BCUT2D eigenvalue weighted by Gasteiger charge is -2.05. The minimum Gasteiger partial charge on any atom is -0.357 e. The van der Waals surface area contributed by atoms with Crippen molar-refractivity contribution in [1.82, 2.24) is 9.97 Å². The van der Waals surface area contributed by atoms with Crippen molar-refractivity contribution in [2.75, 3.05) is 5.32 Å². The quantitative estimate of drug-likeness (QED) is 0.795. The molecule has 0 unspecified atom stereocenters. The van der Waals surface area contributed by atoms with Crippen molar-refractivity contribution in [3.8, 4) is 0 Å². The molecule has 2 aromatic heterocycles. The zero-order chi connectivity index (χ0) is 13.2. The zero-order valence-electron chi connectivity index (χ0n) is 9.73. The number of hydrogen-bond acceptors (Lipinski definition) is 4. The number of benzene rings is 1. The Labute approximate surface area is 111 Å². The highest BCUT2D eigenvalue weighted by molar-refractivity contribution is 7.22. The molecule has 1 N–H and O–H groups in total. The fourth-order valence-corrected chi connectivity index (χ4v) is 2.55. The number of thiazole rings is 1. The Morgan fingerprint density at radius 2 is 1.95 bits per heavy atom. The topological polar surface area (TPSA) is 37.8 Å². The first kappa shape index (κ1) is 12.0. The molecule has 0 aliphatic heterocycles. The molecule has 1 aromatic carbocycles. The van der Waals surface area contributed by atoms with Gasteiger partial charge in [0.15, 0.2) is 5.13 Å². The van der Waals surface area contributed by atoms with Gasteiger partial charge in [-0.05, 0) is 18.2 Å². The molecule has 0 radical (unpaired) electrons. The highest BCUT2D eigenvalue weighted by atomic mass is 32.1. The predicted octanol–water partition coefficient (Wildman–Crippen LogP) is 3.58. The van der Waals surface area contributed by atoms with Crippen LogP contribution >= 0.6 is 11.3 Å². The maximum Gasteiger partial charge on any atom is 0.184 e. The number of pyridine rings is 1. The third-order valence-corrected chi connectivity index (χ3v) is 3.66. The molecule has 0 fully saturated rings. The Hall–Kier alpha value is -2.08. The van der Waals surface area contributed by atoms with Crippen LogP contribution in [0.3, 0.4) is 0 Å². The predicted molar refractivity (Wildman–Crippen MR) is 71.1 cm³/mol. The summed E-state index contributed by atoms with van der Waals surface area (Å²) in [6, 6.07) is 5.67. The molecule has 0 bridgehead atoms. The molecule has 0 atom stereocenters. The Morgan fingerprint density at radius 3 is 2.68 bits per heavy atom. The van der Waals surface area contributed by atoms with Gasteiger partial charge in [-0.2, -0.15) is 0 Å². The molecule has 19 heavy (non-hydrogen) atoms. The van der Waals surface area contributed by atoms with Crippen molar-refractivity contribution < 1.29 is 8.78 Å². The van der Waals surface area contributed by atoms with Gasteiger partial charge < -0.3 is 5.32 Å². The third-order valence-electron chi connectivity index (χ3n) is 2.67. The lowest BCUT2D eigenvalue weighted by Crippen LogP contribution is -2.04. The molecule has 0 aliphatic rings. The van der Waals surface area contributed by atoms with E-state index in [0.29, 0.717) is 5.13 Å². The average Bonchev–Trinajstić information content (AvgIpc) is 2.81. The number of nitrogens with zero attached hydrogens (tertiary/aromatic N) is 2. The Kier molecular flexibility index (Phi) is 3.08. The minimum atomic E-state index is -0.560. The maximum atomic E-state index is 13.5. The van der Waals surface area contributed by atoms with Gasteiger partial charge in [-0.15, -0.1) is 0 Å². The Morgan fingerprint density at radius 1 is 1.16 bits per heavy atom. The summed E-state index contributed by atoms with van der Waals surface area (Å²) in [5.41, 5.74) is 0.781. The Bertz CT molecular complexity index is 673. The van der Waals surface area contributed by atoms with Crippen LogP contribution in [0.1, 0.15) is 5.56 Å². The molecular formula is C13H9F2N3S. The van der Waals surface area contributed by atoms with Gasteiger partial charge in [0.05, 0.1) is 10.9 Å². The van der Waals surface area contributed by atoms with Crippen LogP contribution in [0.4, 0.5) is 13.9 Å². The highest BCUT2D eigenvalue weighted by Crippen LogP contribution is 2.25. The van der Waals surface area contributed by atoms with Gasteiger partial charge in [-0.1, -0.05) is 17.4 Å². The standard InChI is InChI=1S/C13H9F2N3S/c14-9-2-1-3-10(15)8(9)6-17-13-18-11-7-16-5-4-12(11)19-13/h1-5,7H,6H2,(H,17,18). The van der Waals surface area contributed by atoms with E-state index in [2.05, 4.69) is 15.3 Å². The molecule has 0 amide bonds. The van der Waals surface area contributed by atoms with Gasteiger partial charge in [-0.3, -0.25) is 4.98 Å². The summed E-state index contributed by atoms with van der Waals surface area (Å²) in [5.74, 6) is -1.12. The van der Waals surface area contributed by atoms with Gasteiger partial charge in [0, 0.05) is 18.3 Å². The van der Waals surface area contributed by atoms with Crippen LogP contribution in [0.5, 0.6) is 0 Å². The number of anilines is 1. The van der Waals surface area contributed by atoms with Crippen LogP contribution in [0, 0.1) is 11.6 Å². The van der Waals surface area contributed by atoms with E-state index in [1.54, 1.807) is 12.4 Å². The zero-order valence-corrected chi connectivity index (χ0v) is 10.5. The Balaban J connectivity index is 1.82. The fourth-order valence-electron chi connectivity index (χ4n) is 1.72. The van der Waals surface area contributed by atoms with Crippen LogP contribution in [0.2, 0.25) is 0 Å². The summed E-state index contributed by atoms with van der Waals surface area (Å²) in [5, 5.41) is 3.55. The van der Waals surface area contributed by atoms with Crippen molar-refractivity contribution in [3.63, 3.8) is 0 Å². The molecule has 6 heteroatoms. The number of hydrogen-bond donors (Lipinski definition) is 1. The smallest absolute Gasteiger partial charge is 0.184 e. The van der Waals surface area contributed by atoms with Crippen molar-refractivity contribution in [1.29, 1.82) is 0 Å². The first-order chi connectivity index (χ1) is 9.24. The summed E-state index contributed by atoms with van der Waals surface area (Å²) in [7, 11) is 0. The van der Waals surface area contributed by atoms with Crippen molar-refractivity contribution >= 4 is 26.7 Å². The molecule has 0 saturated heterocycles. The number of rotatable bonds is 3. The van der Waals surface area contributed by atoms with E-state index in [4.69, 9.17) is 0 Å². The first-order valence-electron chi connectivity index (χ1n) is 5.61. The van der Waals surface area contributed by atoms with E-state index in [1.165, 1.54) is 29.5 Å². The second-order valence-corrected chi connectivity index (χ2v) is 4.95. The van der Waals surface area contributed by atoms with Crippen molar-refractivity contribution in [2.45, 2.75) is 6.54 Å². The van der Waals surface area contributed by atoms with Crippen LogP contribution in [0.25, 0.3) is 10.2 Å². The van der Waals surface area contributed by atoms with Gasteiger partial charge in [-0.25, -0.2) is 13.8 Å². The van der Waals surface area contributed by atoms with Gasteiger partial charge in [0.25, 0.3) is 0 Å². The van der Waals surface area contributed by atoms with E-state index in [9.17, 15) is 8.78 Å². The maximum absolute atomic E-state index is 13.5. The summed E-state index contributed by atoms with van der Waals surface area (Å²) in [6.07, 6.45) is 3.33. The fraction of sp³-hybridized carbons (Fsp3) is 0.0769. The lowest BCUT2D eigenvalue weighted by atomic mass is 10.2. The van der Waals surface area contributed by atoms with Crippen LogP contribution < -0.4 is 5.32 Å². The molecule has 3 rings (SSSR count). The molecule has 0 saturated carbocycles. The van der Waals surface area contributed by atoms with Gasteiger partial charge in [0.2, 0.25) is 0 Å². The van der Waals surface area contributed by atoms with Crippen LogP contribution in [0.15, 0.2) is 36.7 Å². The third kappa shape index (κ3) is 2.39. The van der Waals surface area contributed by atoms with E-state index in [1.807, 2.05) is 6.07 Å². The molecule has 2 heterocycles. The van der Waals surface area contributed by atoms with E-state index < -0.39 is 11.6 Å². The molecular weight excluding hydrogens is 268 g/mol. The minimum absolute atomic E-state index is 0.0138. The van der Waals surface area contributed by atoms with E-state index >= 15 is 0 Å². The largest absolute Gasteiger partial charge is 0.357 e. The number of fused-ring (bicyclic) bond motifs is 1. The SMILES string of the molecule is Fc1cccc(F)c1CNc1nc2cnccc2s1. The number of halogens is 2. The summed E-state index contributed by atoms with van der Waals surface area (Å²) < 4.78 is 27.9. The average molecular weight is 277 g/mol. The normalized spacial score (nSPS) is 10.8. The monoisotopic (exact) mass is 277 g/mol. The molecule has 0 spiro atoms. The molecule has 3 aromatic rings. The van der Waals surface area contributed by atoms with Gasteiger partial charge in [0.1, 0.15) is 17.2 Å².